The second-order valence-corrected chi connectivity index (χ2v) is 8.70. The summed E-state index contributed by atoms with van der Waals surface area (Å²) in [5.41, 5.74) is 8.68. The minimum Gasteiger partial charge on any atom is -0.344 e. The van der Waals surface area contributed by atoms with Gasteiger partial charge in [0.25, 0.3) is 0 Å². The van der Waals surface area contributed by atoms with Crippen molar-refractivity contribution >= 4 is 43.6 Å². The van der Waals surface area contributed by atoms with Crippen molar-refractivity contribution in [3.8, 4) is 16.8 Å². The largest absolute Gasteiger partial charge is 0.344 e. The molecule has 0 unspecified atom stereocenters. The Labute approximate surface area is 191 Å². The molecule has 156 valence electrons. The first kappa shape index (κ1) is 18.3. The van der Waals surface area contributed by atoms with Crippen molar-refractivity contribution in [2.75, 3.05) is 0 Å². The Morgan fingerprint density at radius 2 is 1.18 bits per heavy atom. The van der Waals surface area contributed by atoms with Crippen LogP contribution in [0.5, 0.6) is 0 Å². The van der Waals surface area contributed by atoms with Crippen LogP contribution in [-0.2, 0) is 7.05 Å². The molecule has 0 bridgehead atoms. The quantitative estimate of drug-likeness (QED) is 0.266. The maximum Gasteiger partial charge on any atom is 0.0562 e. The van der Waals surface area contributed by atoms with Gasteiger partial charge in [0.1, 0.15) is 0 Å². The Kier molecular flexibility index (Phi) is 3.80. The first-order valence-electron chi connectivity index (χ1n) is 11.4. The van der Waals surface area contributed by atoms with E-state index >= 15 is 0 Å². The lowest BCUT2D eigenvalue weighted by Gasteiger charge is -2.08. The van der Waals surface area contributed by atoms with Crippen LogP contribution in [0.25, 0.3) is 60.4 Å². The molecule has 0 atom stereocenters. The number of fused-ring (bicyclic) bond motifs is 6. The van der Waals surface area contributed by atoms with E-state index < -0.39 is 0 Å². The first-order valence-corrected chi connectivity index (χ1v) is 11.4. The van der Waals surface area contributed by atoms with Crippen LogP contribution in [0.2, 0.25) is 0 Å². The zero-order valence-corrected chi connectivity index (χ0v) is 18.4. The van der Waals surface area contributed by atoms with E-state index in [1.807, 2.05) is 0 Å². The van der Waals surface area contributed by atoms with E-state index in [-0.39, 0.29) is 0 Å². The summed E-state index contributed by atoms with van der Waals surface area (Å²) in [6.07, 6.45) is 0. The summed E-state index contributed by atoms with van der Waals surface area (Å²) in [6.45, 7) is 0. The van der Waals surface area contributed by atoms with Gasteiger partial charge < -0.3 is 9.13 Å². The molecule has 0 aliphatic carbocycles. The van der Waals surface area contributed by atoms with Crippen molar-refractivity contribution < 1.29 is 0 Å². The molecule has 0 aliphatic heterocycles. The van der Waals surface area contributed by atoms with E-state index in [1.54, 1.807) is 0 Å². The number of nitrogens with zero attached hydrogens (tertiary/aromatic N) is 2. The average molecular weight is 423 g/mol. The summed E-state index contributed by atoms with van der Waals surface area (Å²) in [4.78, 5) is 0. The van der Waals surface area contributed by atoms with E-state index in [0.29, 0.717) is 0 Å². The first-order chi connectivity index (χ1) is 16.3. The van der Waals surface area contributed by atoms with Gasteiger partial charge in [-0.05, 0) is 47.5 Å². The average Bonchev–Trinajstić information content (AvgIpc) is 3.36. The number of rotatable bonds is 2. The topological polar surface area (TPSA) is 9.86 Å². The van der Waals surface area contributed by atoms with Crippen molar-refractivity contribution in [3.05, 3.63) is 115 Å². The van der Waals surface area contributed by atoms with Gasteiger partial charge >= 0.3 is 0 Å². The van der Waals surface area contributed by atoms with E-state index in [1.165, 1.54) is 60.4 Å². The van der Waals surface area contributed by atoms with Crippen LogP contribution in [0.3, 0.4) is 0 Å². The van der Waals surface area contributed by atoms with Crippen LogP contribution >= 0.6 is 0 Å². The molecule has 0 spiro atoms. The van der Waals surface area contributed by atoms with Gasteiger partial charge in [0.2, 0.25) is 0 Å². The van der Waals surface area contributed by atoms with Gasteiger partial charge in [-0.25, -0.2) is 0 Å². The summed E-state index contributed by atoms with van der Waals surface area (Å²) in [5, 5.41) is 5.19. The Hall–Kier alpha value is -4.30. The Bertz CT molecular complexity index is 1800. The van der Waals surface area contributed by atoms with Gasteiger partial charge in [0, 0.05) is 39.8 Å². The van der Waals surface area contributed by atoms with Crippen LogP contribution in [0.1, 0.15) is 0 Å². The molecule has 5 aromatic carbocycles. The number of aryl methyl sites for hydroxylation is 1. The summed E-state index contributed by atoms with van der Waals surface area (Å²) in [6, 6.07) is 41.6. The van der Waals surface area contributed by atoms with Crippen molar-refractivity contribution in [2.24, 2.45) is 7.05 Å². The molecule has 2 heteroatoms. The maximum absolute atomic E-state index is 2.41. The fraction of sp³-hybridized carbons (Fsp3) is 0.0323. The molecule has 0 aliphatic rings. The molecule has 2 heterocycles. The fourth-order valence-corrected chi connectivity index (χ4v) is 5.43. The number of hydrogen-bond donors (Lipinski definition) is 0. The van der Waals surface area contributed by atoms with Crippen LogP contribution in [0, 0.1) is 0 Å². The Balaban J connectivity index is 1.73. The molecule has 2 aromatic heterocycles. The third-order valence-electron chi connectivity index (χ3n) is 6.92. The Morgan fingerprint density at radius 3 is 2.00 bits per heavy atom. The van der Waals surface area contributed by atoms with Crippen molar-refractivity contribution in [1.82, 2.24) is 9.13 Å². The highest BCUT2D eigenvalue weighted by Crippen LogP contribution is 2.41. The van der Waals surface area contributed by atoms with Crippen LogP contribution < -0.4 is 0 Å². The molecule has 2 nitrogen and oxygen atoms in total. The maximum atomic E-state index is 2.41. The lowest BCUT2D eigenvalue weighted by molar-refractivity contribution is 1.01. The normalized spacial score (nSPS) is 11.8. The zero-order chi connectivity index (χ0) is 21.9. The molecule has 0 saturated carbocycles. The van der Waals surface area contributed by atoms with Crippen LogP contribution in [0.15, 0.2) is 115 Å². The van der Waals surface area contributed by atoms with Gasteiger partial charge in [-0.15, -0.1) is 0 Å². The van der Waals surface area contributed by atoms with Crippen LogP contribution in [0.4, 0.5) is 0 Å². The zero-order valence-electron chi connectivity index (χ0n) is 18.4. The van der Waals surface area contributed by atoms with Crippen LogP contribution in [-0.4, -0.2) is 9.13 Å². The van der Waals surface area contributed by atoms with E-state index in [4.69, 9.17) is 0 Å². The predicted octanol–water partition coefficient (Wildman–Crippen LogP) is 8.10. The van der Waals surface area contributed by atoms with Gasteiger partial charge in [-0.3, -0.25) is 0 Å². The highest BCUT2D eigenvalue weighted by atomic mass is 15.0. The molecular formula is C31H22N2. The highest BCUT2D eigenvalue weighted by Gasteiger charge is 2.18. The lowest BCUT2D eigenvalue weighted by atomic mass is 9.99. The predicted molar refractivity (Wildman–Crippen MR) is 140 cm³/mol. The minimum atomic E-state index is 1.18. The van der Waals surface area contributed by atoms with Gasteiger partial charge in [0.05, 0.1) is 16.6 Å². The lowest BCUT2D eigenvalue weighted by Crippen LogP contribution is -1.94. The molecule has 0 N–H and O–H groups in total. The second-order valence-electron chi connectivity index (χ2n) is 8.70. The molecule has 7 rings (SSSR count). The van der Waals surface area contributed by atoms with Gasteiger partial charge in [-0.2, -0.15) is 0 Å². The van der Waals surface area contributed by atoms with Gasteiger partial charge in [0.15, 0.2) is 0 Å². The minimum absolute atomic E-state index is 1.18. The standard InChI is InChI=1S/C31H22N2/c1-32-27-17-9-8-15-24(27)25-19-26-30(20-29(25)32)33(22-13-6-3-7-14-22)28-18-10-16-23(31(26)28)21-11-4-2-5-12-21/h2-20H,1H3. The number of para-hydroxylation sites is 2. The molecular weight excluding hydrogens is 400 g/mol. The number of hydrogen-bond acceptors (Lipinski definition) is 0. The molecule has 0 radical (unpaired) electrons. The van der Waals surface area contributed by atoms with Crippen molar-refractivity contribution in [2.45, 2.75) is 0 Å². The monoisotopic (exact) mass is 422 g/mol. The van der Waals surface area contributed by atoms with E-state index in [9.17, 15) is 0 Å². The number of aromatic nitrogens is 2. The second kappa shape index (κ2) is 6.85. The van der Waals surface area contributed by atoms with E-state index in [0.717, 1.165) is 0 Å². The van der Waals surface area contributed by atoms with Crippen molar-refractivity contribution in [3.63, 3.8) is 0 Å². The SMILES string of the molecule is Cn1c2ccccc2c2cc3c4c(-c5ccccc5)cccc4n(-c4ccccc4)c3cc21. The third kappa shape index (κ3) is 2.55. The number of benzene rings is 5. The summed E-state index contributed by atoms with van der Waals surface area (Å²) >= 11 is 0. The summed E-state index contributed by atoms with van der Waals surface area (Å²) in [5.74, 6) is 0. The molecule has 0 fully saturated rings. The summed E-state index contributed by atoms with van der Waals surface area (Å²) in [7, 11) is 2.17. The van der Waals surface area contributed by atoms with Crippen molar-refractivity contribution in [1.29, 1.82) is 0 Å². The van der Waals surface area contributed by atoms with Gasteiger partial charge in [-0.1, -0.05) is 78.9 Å². The van der Waals surface area contributed by atoms with E-state index in [2.05, 4.69) is 131 Å². The summed E-state index contributed by atoms with van der Waals surface area (Å²) < 4.78 is 4.73. The third-order valence-corrected chi connectivity index (χ3v) is 6.92. The molecule has 7 aromatic rings. The highest BCUT2D eigenvalue weighted by molar-refractivity contribution is 6.21. The fourth-order valence-electron chi connectivity index (χ4n) is 5.43. The molecule has 0 amide bonds. The smallest absolute Gasteiger partial charge is 0.0562 e. The molecule has 33 heavy (non-hydrogen) atoms. The Morgan fingerprint density at radius 1 is 0.485 bits per heavy atom. The molecule has 0 saturated heterocycles.